The molecule has 0 radical (unpaired) electrons. The Morgan fingerprint density at radius 2 is 1.71 bits per heavy atom. The number of carbonyl (C=O) groups excluding carboxylic acids is 1. The number of amides is 1. The molecule has 31 heavy (non-hydrogen) atoms. The molecule has 2 aliphatic heterocycles. The van der Waals surface area contributed by atoms with E-state index in [0.717, 1.165) is 76.1 Å². The Morgan fingerprint density at radius 1 is 1.06 bits per heavy atom. The summed E-state index contributed by atoms with van der Waals surface area (Å²) in [5.74, 6) is 2.40. The molecule has 2 fully saturated rings. The normalized spacial score (nSPS) is 19.5. The SMILES string of the molecule is CN=C(NCC(C)c1c(C)noc1C)N1CCN(CC(=O)N2CCCCCC2)CC1.I. The van der Waals surface area contributed by atoms with E-state index in [9.17, 15) is 4.79 Å². The Labute approximate surface area is 203 Å². The number of nitrogens with zero attached hydrogens (tertiary/aromatic N) is 5. The van der Waals surface area contributed by atoms with Crippen LogP contribution in [0.5, 0.6) is 0 Å². The lowest BCUT2D eigenvalue weighted by atomic mass is 10.00. The molecule has 1 unspecified atom stereocenters. The zero-order chi connectivity index (χ0) is 21.5. The highest BCUT2D eigenvalue weighted by atomic mass is 127. The lowest BCUT2D eigenvalue weighted by molar-refractivity contribution is -0.132. The van der Waals surface area contributed by atoms with Crippen molar-refractivity contribution in [2.24, 2.45) is 4.99 Å². The first-order valence-electron chi connectivity index (χ1n) is 11.4. The molecule has 9 heteroatoms. The van der Waals surface area contributed by atoms with Crippen LogP contribution in [0.25, 0.3) is 0 Å². The summed E-state index contributed by atoms with van der Waals surface area (Å²) in [7, 11) is 1.83. The lowest BCUT2D eigenvalue weighted by Gasteiger charge is -2.37. The molecule has 0 bridgehead atoms. The van der Waals surface area contributed by atoms with E-state index in [1.54, 1.807) is 0 Å². The molecule has 0 spiro atoms. The number of aryl methyl sites for hydroxylation is 2. The molecule has 8 nitrogen and oxygen atoms in total. The Hall–Kier alpha value is -1.36. The minimum Gasteiger partial charge on any atom is -0.361 e. The number of aliphatic imine (C=N–C) groups is 1. The lowest BCUT2D eigenvalue weighted by Crippen LogP contribution is -2.54. The minimum atomic E-state index is 0. The largest absolute Gasteiger partial charge is 0.361 e. The van der Waals surface area contributed by atoms with E-state index in [4.69, 9.17) is 4.52 Å². The fourth-order valence-corrected chi connectivity index (χ4v) is 4.60. The van der Waals surface area contributed by atoms with Crippen LogP contribution in [0, 0.1) is 13.8 Å². The number of carbonyl (C=O) groups is 1. The highest BCUT2D eigenvalue weighted by Gasteiger charge is 2.24. The van der Waals surface area contributed by atoms with Crippen LogP contribution in [0.2, 0.25) is 0 Å². The summed E-state index contributed by atoms with van der Waals surface area (Å²) in [6.07, 6.45) is 4.80. The van der Waals surface area contributed by atoms with Gasteiger partial charge in [0.15, 0.2) is 5.96 Å². The van der Waals surface area contributed by atoms with Crippen molar-refractivity contribution in [1.29, 1.82) is 0 Å². The molecule has 2 saturated heterocycles. The van der Waals surface area contributed by atoms with Gasteiger partial charge in [-0.3, -0.25) is 14.7 Å². The summed E-state index contributed by atoms with van der Waals surface area (Å²) in [6, 6.07) is 0. The average molecular weight is 546 g/mol. The van der Waals surface area contributed by atoms with Crippen LogP contribution in [0.1, 0.15) is 55.5 Å². The van der Waals surface area contributed by atoms with Crippen LogP contribution in [0.3, 0.4) is 0 Å². The van der Waals surface area contributed by atoms with Crippen LogP contribution in [0.15, 0.2) is 9.52 Å². The standard InChI is InChI=1S/C22H38N6O2.HI/c1-17(21-18(2)25-30-19(21)3)15-24-22(23-4)28-13-11-26(12-14-28)16-20(29)27-9-7-5-6-8-10-27;/h17H,5-16H2,1-4H3,(H,23,24);1H. The zero-order valence-corrected chi connectivity index (χ0v) is 21.9. The van der Waals surface area contributed by atoms with Gasteiger partial charge in [0.05, 0.1) is 12.2 Å². The van der Waals surface area contributed by atoms with Crippen LogP contribution in [-0.2, 0) is 4.79 Å². The molecule has 3 heterocycles. The van der Waals surface area contributed by atoms with Crippen molar-refractivity contribution in [2.45, 2.75) is 52.4 Å². The molecule has 176 valence electrons. The third-order valence-corrected chi connectivity index (χ3v) is 6.35. The van der Waals surface area contributed by atoms with E-state index < -0.39 is 0 Å². The van der Waals surface area contributed by atoms with Gasteiger partial charge in [-0.25, -0.2) is 0 Å². The number of piperazine rings is 1. The van der Waals surface area contributed by atoms with Crippen molar-refractivity contribution in [3.05, 3.63) is 17.0 Å². The predicted molar refractivity (Wildman–Crippen MR) is 134 cm³/mol. The van der Waals surface area contributed by atoms with Crippen molar-refractivity contribution in [2.75, 3.05) is 59.4 Å². The predicted octanol–water partition coefficient (Wildman–Crippen LogP) is 2.61. The molecule has 1 amide bonds. The topological polar surface area (TPSA) is 77.2 Å². The Kier molecular flexibility index (Phi) is 10.5. The first-order chi connectivity index (χ1) is 14.5. The maximum atomic E-state index is 12.7. The average Bonchev–Trinajstić information content (AvgIpc) is 2.93. The molecular formula is C22H39IN6O2. The van der Waals surface area contributed by atoms with E-state index >= 15 is 0 Å². The molecule has 1 aromatic rings. The minimum absolute atomic E-state index is 0. The van der Waals surface area contributed by atoms with Crippen LogP contribution in [-0.4, -0.2) is 91.1 Å². The van der Waals surface area contributed by atoms with Gasteiger partial charge in [-0.15, -0.1) is 24.0 Å². The molecular weight excluding hydrogens is 507 g/mol. The van der Waals surface area contributed by atoms with Gasteiger partial charge in [-0.05, 0) is 26.7 Å². The zero-order valence-electron chi connectivity index (χ0n) is 19.5. The Morgan fingerprint density at radius 3 is 2.26 bits per heavy atom. The maximum absolute atomic E-state index is 12.7. The second-order valence-electron chi connectivity index (χ2n) is 8.63. The monoisotopic (exact) mass is 546 g/mol. The Bertz CT molecular complexity index is 702. The summed E-state index contributed by atoms with van der Waals surface area (Å²) >= 11 is 0. The van der Waals surface area contributed by atoms with E-state index in [1.807, 2.05) is 20.9 Å². The van der Waals surface area contributed by atoms with Gasteiger partial charge in [-0.2, -0.15) is 0 Å². The molecule has 1 N–H and O–H groups in total. The van der Waals surface area contributed by atoms with Crippen molar-refractivity contribution in [3.8, 4) is 0 Å². The van der Waals surface area contributed by atoms with Crippen LogP contribution in [0.4, 0.5) is 0 Å². The van der Waals surface area contributed by atoms with Gasteiger partial charge < -0.3 is 19.6 Å². The van der Waals surface area contributed by atoms with Crippen LogP contribution >= 0.6 is 24.0 Å². The van der Waals surface area contributed by atoms with Crippen molar-refractivity contribution < 1.29 is 9.32 Å². The summed E-state index contributed by atoms with van der Waals surface area (Å²) < 4.78 is 5.31. The molecule has 1 aromatic heterocycles. The molecule has 0 saturated carbocycles. The molecule has 3 rings (SSSR count). The highest BCUT2D eigenvalue weighted by Crippen LogP contribution is 2.22. The number of aromatic nitrogens is 1. The third-order valence-electron chi connectivity index (χ3n) is 6.35. The van der Waals surface area contributed by atoms with E-state index in [0.29, 0.717) is 18.4 Å². The number of nitrogens with one attached hydrogen (secondary N) is 1. The number of guanidine groups is 1. The molecule has 1 atom stereocenters. The first kappa shape index (κ1) is 25.9. The van der Waals surface area contributed by atoms with E-state index in [-0.39, 0.29) is 24.0 Å². The third kappa shape index (κ3) is 7.06. The number of halogens is 1. The van der Waals surface area contributed by atoms with Crippen molar-refractivity contribution in [3.63, 3.8) is 0 Å². The highest BCUT2D eigenvalue weighted by molar-refractivity contribution is 14.0. The molecule has 0 aromatic carbocycles. The fraction of sp³-hybridized carbons (Fsp3) is 0.773. The van der Waals surface area contributed by atoms with Gasteiger partial charge in [0.2, 0.25) is 5.91 Å². The van der Waals surface area contributed by atoms with E-state index in [2.05, 4.69) is 37.1 Å². The Balaban J connectivity index is 0.00000341. The van der Waals surface area contributed by atoms with Gasteiger partial charge in [0, 0.05) is 64.3 Å². The second-order valence-corrected chi connectivity index (χ2v) is 8.63. The van der Waals surface area contributed by atoms with Crippen molar-refractivity contribution in [1.82, 2.24) is 25.2 Å². The van der Waals surface area contributed by atoms with Crippen LogP contribution < -0.4 is 5.32 Å². The van der Waals surface area contributed by atoms with E-state index in [1.165, 1.54) is 18.4 Å². The van der Waals surface area contributed by atoms with Crippen molar-refractivity contribution >= 4 is 35.8 Å². The summed E-state index contributed by atoms with van der Waals surface area (Å²) in [5.41, 5.74) is 2.13. The quantitative estimate of drug-likeness (QED) is 0.348. The van der Waals surface area contributed by atoms with Gasteiger partial charge >= 0.3 is 0 Å². The first-order valence-corrected chi connectivity index (χ1v) is 11.4. The van der Waals surface area contributed by atoms with Gasteiger partial charge in [0.25, 0.3) is 0 Å². The van der Waals surface area contributed by atoms with Gasteiger partial charge in [-0.1, -0.05) is 24.9 Å². The summed E-state index contributed by atoms with van der Waals surface area (Å²) in [6.45, 7) is 12.9. The summed E-state index contributed by atoms with van der Waals surface area (Å²) in [4.78, 5) is 23.8. The maximum Gasteiger partial charge on any atom is 0.236 e. The number of likely N-dealkylation sites (tertiary alicyclic amines) is 1. The van der Waals surface area contributed by atoms with Gasteiger partial charge in [0.1, 0.15) is 5.76 Å². The number of hydrogen-bond acceptors (Lipinski definition) is 5. The molecule has 2 aliphatic rings. The molecule has 0 aliphatic carbocycles. The second kappa shape index (κ2) is 12.6. The summed E-state index contributed by atoms with van der Waals surface area (Å²) in [5, 5.41) is 7.57. The fourth-order valence-electron chi connectivity index (χ4n) is 4.60. The number of rotatable bonds is 5. The number of hydrogen-bond donors (Lipinski definition) is 1. The smallest absolute Gasteiger partial charge is 0.236 e.